The minimum atomic E-state index is 0.493. The van der Waals surface area contributed by atoms with Crippen LogP contribution in [-0.4, -0.2) is 13.7 Å². The van der Waals surface area contributed by atoms with E-state index in [1.807, 2.05) is 0 Å². The first-order valence-corrected chi connectivity index (χ1v) is 4.94. The molecule has 0 bridgehead atoms. The molecule has 0 aromatic carbocycles. The lowest BCUT2D eigenvalue weighted by atomic mass is 9.88. The molecule has 0 spiro atoms. The molecule has 0 aliphatic rings. The van der Waals surface area contributed by atoms with Gasteiger partial charge in [-0.1, -0.05) is 34.1 Å². The molecule has 0 fully saturated rings. The second-order valence-corrected chi connectivity index (χ2v) is 5.01. The van der Waals surface area contributed by atoms with E-state index < -0.39 is 0 Å². The Balaban J connectivity index is 3.31. The van der Waals surface area contributed by atoms with E-state index in [9.17, 15) is 0 Å². The van der Waals surface area contributed by atoms with Crippen molar-refractivity contribution in [2.24, 2.45) is 11.3 Å². The summed E-state index contributed by atoms with van der Waals surface area (Å²) in [5, 5.41) is 0. The third-order valence-corrected chi connectivity index (χ3v) is 2.07. The Hall–Kier alpha value is -0.0400. The van der Waals surface area contributed by atoms with Crippen molar-refractivity contribution in [3.05, 3.63) is 0 Å². The van der Waals surface area contributed by atoms with Gasteiger partial charge >= 0.3 is 0 Å². The maximum atomic E-state index is 5.09. The lowest BCUT2D eigenvalue weighted by Crippen LogP contribution is -2.08. The third-order valence-electron chi connectivity index (χ3n) is 2.07. The summed E-state index contributed by atoms with van der Waals surface area (Å²) in [5.41, 5.74) is 0.493. The van der Waals surface area contributed by atoms with Gasteiger partial charge in [0.2, 0.25) is 0 Å². The molecule has 1 heteroatoms. The predicted molar refractivity (Wildman–Crippen MR) is 54.3 cm³/mol. The summed E-state index contributed by atoms with van der Waals surface area (Å²) >= 11 is 0. The van der Waals surface area contributed by atoms with Crippen LogP contribution in [0.1, 0.15) is 47.0 Å². The largest absolute Gasteiger partial charge is 0.384 e. The first-order valence-electron chi connectivity index (χ1n) is 4.94. The topological polar surface area (TPSA) is 9.23 Å². The summed E-state index contributed by atoms with van der Waals surface area (Å²) in [4.78, 5) is 0. The summed E-state index contributed by atoms with van der Waals surface area (Å²) in [6, 6.07) is 0. The Labute approximate surface area is 77.5 Å². The highest BCUT2D eigenvalue weighted by Crippen LogP contribution is 2.23. The first-order chi connectivity index (χ1) is 5.45. The van der Waals surface area contributed by atoms with Crippen molar-refractivity contribution in [3.8, 4) is 0 Å². The van der Waals surface area contributed by atoms with Crippen LogP contribution in [0, 0.1) is 11.3 Å². The van der Waals surface area contributed by atoms with Crippen LogP contribution >= 0.6 is 0 Å². The van der Waals surface area contributed by atoms with Gasteiger partial charge in [0.05, 0.1) is 0 Å². The third kappa shape index (κ3) is 8.06. The van der Waals surface area contributed by atoms with E-state index in [0.717, 1.165) is 12.5 Å². The Morgan fingerprint density at radius 2 is 1.83 bits per heavy atom. The molecule has 0 saturated carbocycles. The lowest BCUT2D eigenvalue weighted by Gasteiger charge is -2.19. The van der Waals surface area contributed by atoms with Crippen molar-refractivity contribution in [2.45, 2.75) is 47.0 Å². The van der Waals surface area contributed by atoms with E-state index in [2.05, 4.69) is 27.7 Å². The molecule has 12 heavy (non-hydrogen) atoms. The van der Waals surface area contributed by atoms with Crippen molar-refractivity contribution >= 4 is 0 Å². The van der Waals surface area contributed by atoms with Gasteiger partial charge in [-0.05, 0) is 24.2 Å². The standard InChI is InChI=1S/C11H24O/c1-10(9-12-5)7-6-8-11(2,3)4/h10H,6-9H2,1-5H3. The van der Waals surface area contributed by atoms with Gasteiger partial charge in [-0.2, -0.15) is 0 Å². The molecule has 0 aliphatic carbocycles. The van der Waals surface area contributed by atoms with Crippen LogP contribution in [0.15, 0.2) is 0 Å². The molecule has 0 N–H and O–H groups in total. The van der Waals surface area contributed by atoms with Crippen LogP contribution in [0.2, 0.25) is 0 Å². The highest BCUT2D eigenvalue weighted by Gasteiger charge is 2.10. The SMILES string of the molecule is COCC(C)CCCC(C)(C)C. The maximum Gasteiger partial charge on any atom is 0.0487 e. The van der Waals surface area contributed by atoms with E-state index in [4.69, 9.17) is 4.74 Å². The zero-order valence-corrected chi connectivity index (χ0v) is 9.31. The normalized spacial score (nSPS) is 14.8. The van der Waals surface area contributed by atoms with Gasteiger partial charge in [-0.25, -0.2) is 0 Å². The molecule has 0 heterocycles. The highest BCUT2D eigenvalue weighted by atomic mass is 16.5. The van der Waals surface area contributed by atoms with Crippen molar-refractivity contribution in [1.82, 2.24) is 0 Å². The molecule has 74 valence electrons. The minimum absolute atomic E-state index is 0.493. The summed E-state index contributed by atoms with van der Waals surface area (Å²) < 4.78 is 5.09. The second kappa shape index (κ2) is 5.58. The molecule has 0 aromatic rings. The number of rotatable bonds is 5. The molecule has 0 amide bonds. The van der Waals surface area contributed by atoms with Gasteiger partial charge in [0.25, 0.3) is 0 Å². The average Bonchev–Trinajstić information content (AvgIpc) is 1.84. The van der Waals surface area contributed by atoms with E-state index in [1.165, 1.54) is 19.3 Å². The minimum Gasteiger partial charge on any atom is -0.384 e. The van der Waals surface area contributed by atoms with Gasteiger partial charge in [0.15, 0.2) is 0 Å². The van der Waals surface area contributed by atoms with Gasteiger partial charge < -0.3 is 4.74 Å². The van der Waals surface area contributed by atoms with Crippen LogP contribution < -0.4 is 0 Å². The molecule has 0 radical (unpaired) electrons. The Kier molecular flexibility index (Phi) is 5.56. The zero-order valence-electron chi connectivity index (χ0n) is 9.31. The highest BCUT2D eigenvalue weighted by molar-refractivity contribution is 4.62. The van der Waals surface area contributed by atoms with Crippen LogP contribution in [0.4, 0.5) is 0 Å². The Morgan fingerprint density at radius 3 is 2.25 bits per heavy atom. The van der Waals surface area contributed by atoms with E-state index in [1.54, 1.807) is 7.11 Å². The van der Waals surface area contributed by atoms with Gasteiger partial charge in [-0.3, -0.25) is 0 Å². The smallest absolute Gasteiger partial charge is 0.0487 e. The van der Waals surface area contributed by atoms with E-state index in [-0.39, 0.29) is 0 Å². The second-order valence-electron chi connectivity index (χ2n) is 5.01. The van der Waals surface area contributed by atoms with Crippen molar-refractivity contribution in [3.63, 3.8) is 0 Å². The molecule has 1 unspecified atom stereocenters. The quantitative estimate of drug-likeness (QED) is 0.617. The van der Waals surface area contributed by atoms with Crippen LogP contribution in [0.3, 0.4) is 0 Å². The molecular formula is C11H24O. The summed E-state index contributed by atoms with van der Waals surface area (Å²) in [6.45, 7) is 10.1. The molecule has 0 rings (SSSR count). The lowest BCUT2D eigenvalue weighted by molar-refractivity contribution is 0.152. The Bertz CT molecular complexity index is 102. The zero-order chi connectivity index (χ0) is 9.61. The fourth-order valence-corrected chi connectivity index (χ4v) is 1.35. The molecular weight excluding hydrogens is 148 g/mol. The molecule has 0 aliphatic heterocycles. The Morgan fingerprint density at radius 1 is 1.25 bits per heavy atom. The number of methoxy groups -OCH3 is 1. The summed E-state index contributed by atoms with van der Waals surface area (Å²) in [7, 11) is 1.78. The van der Waals surface area contributed by atoms with E-state index in [0.29, 0.717) is 5.41 Å². The molecule has 1 atom stereocenters. The summed E-state index contributed by atoms with van der Waals surface area (Å²) in [6.07, 6.45) is 3.94. The van der Waals surface area contributed by atoms with Gasteiger partial charge in [-0.15, -0.1) is 0 Å². The van der Waals surface area contributed by atoms with Crippen LogP contribution in [0.5, 0.6) is 0 Å². The fraction of sp³-hybridized carbons (Fsp3) is 1.00. The maximum absolute atomic E-state index is 5.09. The average molecular weight is 172 g/mol. The number of hydrogen-bond acceptors (Lipinski definition) is 1. The molecule has 0 aromatic heterocycles. The van der Waals surface area contributed by atoms with Crippen molar-refractivity contribution in [2.75, 3.05) is 13.7 Å². The monoisotopic (exact) mass is 172 g/mol. The predicted octanol–water partition coefficient (Wildman–Crippen LogP) is 3.49. The van der Waals surface area contributed by atoms with Crippen LogP contribution in [0.25, 0.3) is 0 Å². The van der Waals surface area contributed by atoms with Crippen molar-refractivity contribution in [1.29, 1.82) is 0 Å². The van der Waals surface area contributed by atoms with Gasteiger partial charge in [0, 0.05) is 13.7 Å². The van der Waals surface area contributed by atoms with E-state index >= 15 is 0 Å². The fourth-order valence-electron chi connectivity index (χ4n) is 1.35. The number of ether oxygens (including phenoxy) is 1. The molecule has 1 nitrogen and oxygen atoms in total. The summed E-state index contributed by atoms with van der Waals surface area (Å²) in [5.74, 6) is 0.720. The van der Waals surface area contributed by atoms with Gasteiger partial charge in [0.1, 0.15) is 0 Å². The number of hydrogen-bond donors (Lipinski definition) is 0. The first kappa shape index (κ1) is 12.0. The van der Waals surface area contributed by atoms with Crippen LogP contribution in [-0.2, 0) is 4.74 Å². The van der Waals surface area contributed by atoms with Crippen molar-refractivity contribution < 1.29 is 4.74 Å². The molecule has 0 saturated heterocycles.